The first-order chi connectivity index (χ1) is 8.24. The third kappa shape index (κ3) is 3.16. The van der Waals surface area contributed by atoms with Crippen molar-refractivity contribution in [1.82, 2.24) is 15.3 Å². The van der Waals surface area contributed by atoms with Crippen LogP contribution < -0.4 is 10.2 Å². The van der Waals surface area contributed by atoms with E-state index in [1.807, 2.05) is 13.1 Å². The van der Waals surface area contributed by atoms with Gasteiger partial charge in [0.1, 0.15) is 11.6 Å². The zero-order chi connectivity index (χ0) is 12.3. The molecule has 1 aromatic rings. The number of aryl methyl sites for hydroxylation is 1. The monoisotopic (exact) mass is 234 g/mol. The fourth-order valence-electron chi connectivity index (χ4n) is 1.95. The second kappa shape index (κ2) is 5.45. The number of rotatable bonds is 6. The second-order valence-corrected chi connectivity index (χ2v) is 4.59. The Kier molecular flexibility index (Phi) is 3.94. The lowest BCUT2D eigenvalue weighted by atomic mass is 10.2. The summed E-state index contributed by atoms with van der Waals surface area (Å²) < 4.78 is 0. The average molecular weight is 234 g/mol. The van der Waals surface area contributed by atoms with Crippen molar-refractivity contribution in [2.45, 2.75) is 46.2 Å². The van der Waals surface area contributed by atoms with Gasteiger partial charge in [0.05, 0.1) is 0 Å². The van der Waals surface area contributed by atoms with Crippen LogP contribution in [0.2, 0.25) is 0 Å². The molecule has 4 nitrogen and oxygen atoms in total. The summed E-state index contributed by atoms with van der Waals surface area (Å²) in [4.78, 5) is 11.2. The number of hydrogen-bond acceptors (Lipinski definition) is 4. The number of hydrogen-bond donors (Lipinski definition) is 1. The molecule has 1 saturated carbocycles. The predicted octanol–water partition coefficient (Wildman–Crippen LogP) is 1.88. The summed E-state index contributed by atoms with van der Waals surface area (Å²) >= 11 is 0. The molecule has 17 heavy (non-hydrogen) atoms. The number of anilines is 1. The zero-order valence-electron chi connectivity index (χ0n) is 11.0. The largest absolute Gasteiger partial charge is 0.357 e. The SMILES string of the molecule is CCN(CC)c1nc(C)ncc1CNC1CC1. The fraction of sp³-hybridized carbons (Fsp3) is 0.692. The minimum Gasteiger partial charge on any atom is -0.357 e. The van der Waals surface area contributed by atoms with Gasteiger partial charge in [0.25, 0.3) is 0 Å². The molecule has 0 amide bonds. The van der Waals surface area contributed by atoms with Crippen LogP contribution in [0.4, 0.5) is 5.82 Å². The molecular weight excluding hydrogens is 212 g/mol. The minimum absolute atomic E-state index is 0.723. The molecule has 0 spiro atoms. The van der Waals surface area contributed by atoms with Gasteiger partial charge in [0.2, 0.25) is 0 Å². The van der Waals surface area contributed by atoms with Crippen LogP contribution in [0.15, 0.2) is 6.20 Å². The van der Waals surface area contributed by atoms with Crippen LogP contribution in [0, 0.1) is 6.92 Å². The van der Waals surface area contributed by atoms with Crippen LogP contribution in [0.25, 0.3) is 0 Å². The Morgan fingerprint density at radius 3 is 2.65 bits per heavy atom. The Bertz CT molecular complexity index is 370. The maximum Gasteiger partial charge on any atom is 0.136 e. The van der Waals surface area contributed by atoms with Crippen molar-refractivity contribution in [2.24, 2.45) is 0 Å². The molecule has 0 unspecified atom stereocenters. The highest BCUT2D eigenvalue weighted by atomic mass is 15.2. The standard InChI is InChI=1S/C13H22N4/c1-4-17(5-2)13-11(8-14-10(3)16-13)9-15-12-6-7-12/h8,12,15H,4-7,9H2,1-3H3. The van der Waals surface area contributed by atoms with E-state index in [0.717, 1.165) is 37.3 Å². The summed E-state index contributed by atoms with van der Waals surface area (Å²) in [5.74, 6) is 1.94. The maximum absolute atomic E-state index is 4.59. The van der Waals surface area contributed by atoms with Gasteiger partial charge in [-0.15, -0.1) is 0 Å². The Hall–Kier alpha value is -1.16. The van der Waals surface area contributed by atoms with Gasteiger partial charge in [-0.1, -0.05) is 0 Å². The summed E-state index contributed by atoms with van der Waals surface area (Å²) in [5.41, 5.74) is 1.21. The van der Waals surface area contributed by atoms with Gasteiger partial charge < -0.3 is 10.2 Å². The van der Waals surface area contributed by atoms with Crippen molar-refractivity contribution in [1.29, 1.82) is 0 Å². The van der Waals surface area contributed by atoms with Crippen molar-refractivity contribution in [3.63, 3.8) is 0 Å². The smallest absolute Gasteiger partial charge is 0.136 e. The van der Waals surface area contributed by atoms with E-state index in [2.05, 4.69) is 34.0 Å². The predicted molar refractivity (Wildman–Crippen MR) is 70.2 cm³/mol. The van der Waals surface area contributed by atoms with Gasteiger partial charge in [-0.3, -0.25) is 0 Å². The molecule has 0 atom stereocenters. The summed E-state index contributed by atoms with van der Waals surface area (Å²) in [7, 11) is 0. The van der Waals surface area contributed by atoms with Crippen molar-refractivity contribution >= 4 is 5.82 Å². The first-order valence-corrected chi connectivity index (χ1v) is 6.55. The van der Waals surface area contributed by atoms with Gasteiger partial charge in [0.15, 0.2) is 0 Å². The quantitative estimate of drug-likeness (QED) is 0.816. The Morgan fingerprint density at radius 1 is 1.35 bits per heavy atom. The van der Waals surface area contributed by atoms with Crippen molar-refractivity contribution < 1.29 is 0 Å². The minimum atomic E-state index is 0.723. The van der Waals surface area contributed by atoms with Crippen molar-refractivity contribution in [3.8, 4) is 0 Å². The molecular formula is C13H22N4. The maximum atomic E-state index is 4.59. The highest BCUT2D eigenvalue weighted by Crippen LogP contribution is 2.22. The lowest BCUT2D eigenvalue weighted by molar-refractivity contribution is 0.677. The van der Waals surface area contributed by atoms with Gasteiger partial charge in [-0.05, 0) is 33.6 Å². The van der Waals surface area contributed by atoms with Crippen LogP contribution in [-0.4, -0.2) is 29.1 Å². The van der Waals surface area contributed by atoms with Crippen molar-refractivity contribution in [3.05, 3.63) is 17.6 Å². The second-order valence-electron chi connectivity index (χ2n) is 4.59. The average Bonchev–Trinajstić information content (AvgIpc) is 3.13. The molecule has 0 bridgehead atoms. The number of nitrogens with one attached hydrogen (secondary N) is 1. The van der Waals surface area contributed by atoms with E-state index in [-0.39, 0.29) is 0 Å². The molecule has 0 radical (unpaired) electrons. The number of nitrogens with zero attached hydrogens (tertiary/aromatic N) is 3. The molecule has 0 aliphatic heterocycles. The zero-order valence-corrected chi connectivity index (χ0v) is 11.0. The molecule has 94 valence electrons. The van der Waals surface area contributed by atoms with Crippen molar-refractivity contribution in [2.75, 3.05) is 18.0 Å². The normalized spacial score (nSPS) is 15.0. The molecule has 1 aliphatic carbocycles. The first kappa shape index (κ1) is 12.3. The Balaban J connectivity index is 2.15. The van der Waals surface area contributed by atoms with Gasteiger partial charge >= 0.3 is 0 Å². The molecule has 4 heteroatoms. The third-order valence-corrected chi connectivity index (χ3v) is 3.18. The summed E-state index contributed by atoms with van der Waals surface area (Å²) in [5, 5.41) is 3.53. The summed E-state index contributed by atoms with van der Waals surface area (Å²) in [6.45, 7) is 9.15. The molecule has 2 rings (SSSR count). The lowest BCUT2D eigenvalue weighted by Crippen LogP contribution is -2.26. The molecule has 1 fully saturated rings. The van der Waals surface area contributed by atoms with Gasteiger partial charge in [0, 0.05) is 37.4 Å². The molecule has 0 aromatic carbocycles. The number of aromatic nitrogens is 2. The van der Waals surface area contributed by atoms with E-state index in [9.17, 15) is 0 Å². The third-order valence-electron chi connectivity index (χ3n) is 3.18. The van der Waals surface area contributed by atoms with Crippen LogP contribution >= 0.6 is 0 Å². The van der Waals surface area contributed by atoms with Crippen LogP contribution in [-0.2, 0) is 6.54 Å². The Morgan fingerprint density at radius 2 is 2.06 bits per heavy atom. The summed E-state index contributed by atoms with van der Waals surface area (Å²) in [6.07, 6.45) is 4.59. The van der Waals surface area contributed by atoms with E-state index in [4.69, 9.17) is 0 Å². The van der Waals surface area contributed by atoms with E-state index in [0.29, 0.717) is 0 Å². The molecule has 1 N–H and O–H groups in total. The summed E-state index contributed by atoms with van der Waals surface area (Å²) in [6, 6.07) is 0.723. The first-order valence-electron chi connectivity index (χ1n) is 6.55. The van der Waals surface area contributed by atoms with E-state index in [1.165, 1.54) is 18.4 Å². The molecule has 1 aliphatic rings. The topological polar surface area (TPSA) is 41.1 Å². The van der Waals surface area contributed by atoms with Gasteiger partial charge in [-0.25, -0.2) is 9.97 Å². The lowest BCUT2D eigenvalue weighted by Gasteiger charge is -2.23. The van der Waals surface area contributed by atoms with E-state index in [1.54, 1.807) is 0 Å². The highest BCUT2D eigenvalue weighted by Gasteiger charge is 2.21. The fourth-order valence-corrected chi connectivity index (χ4v) is 1.95. The van der Waals surface area contributed by atoms with Crippen LogP contribution in [0.5, 0.6) is 0 Å². The van der Waals surface area contributed by atoms with E-state index < -0.39 is 0 Å². The molecule has 1 heterocycles. The molecule has 1 aromatic heterocycles. The van der Waals surface area contributed by atoms with Crippen LogP contribution in [0.3, 0.4) is 0 Å². The molecule has 0 saturated heterocycles. The van der Waals surface area contributed by atoms with E-state index >= 15 is 0 Å². The van der Waals surface area contributed by atoms with Crippen LogP contribution in [0.1, 0.15) is 38.1 Å². The Labute approximate surface area is 103 Å². The highest BCUT2D eigenvalue weighted by molar-refractivity contribution is 5.45. The van der Waals surface area contributed by atoms with Gasteiger partial charge in [-0.2, -0.15) is 0 Å².